The fourth-order valence-corrected chi connectivity index (χ4v) is 2.02. The number of hydrogen-bond donors (Lipinski definition) is 1. The highest BCUT2D eigenvalue weighted by Gasteiger charge is 2.19. The number of nitrogens with two attached hydrogens (primary N) is 1. The van der Waals surface area contributed by atoms with Crippen LogP contribution in [-0.2, 0) is 13.5 Å². The number of rotatable bonds is 3. The third-order valence-electron chi connectivity index (χ3n) is 3.04. The van der Waals surface area contributed by atoms with Crippen LogP contribution in [0, 0.1) is 5.41 Å². The maximum atomic E-state index is 5.78. The summed E-state index contributed by atoms with van der Waals surface area (Å²) in [5, 5.41) is 1.24. The molecule has 0 saturated carbocycles. The lowest BCUT2D eigenvalue weighted by atomic mass is 9.86. The SMILES string of the molecule is Cn1cc(CC(C)(C)CN)c2cccnc21. The van der Waals surface area contributed by atoms with E-state index in [2.05, 4.69) is 35.7 Å². The van der Waals surface area contributed by atoms with Crippen molar-refractivity contribution >= 4 is 11.0 Å². The molecule has 0 atom stereocenters. The molecule has 0 aromatic carbocycles. The van der Waals surface area contributed by atoms with E-state index in [1.807, 2.05) is 19.3 Å². The standard InChI is InChI=1S/C13H19N3/c1-13(2,9-14)7-10-8-16(3)12-11(10)5-4-6-15-12/h4-6,8H,7,9,14H2,1-3H3. The van der Waals surface area contributed by atoms with Crippen LogP contribution in [0.2, 0.25) is 0 Å². The van der Waals surface area contributed by atoms with Crippen molar-refractivity contribution in [2.24, 2.45) is 18.2 Å². The maximum Gasteiger partial charge on any atom is 0.139 e. The van der Waals surface area contributed by atoms with Crippen molar-refractivity contribution in [1.82, 2.24) is 9.55 Å². The van der Waals surface area contributed by atoms with E-state index in [-0.39, 0.29) is 5.41 Å². The predicted octanol–water partition coefficient (Wildman–Crippen LogP) is 2.10. The number of hydrogen-bond acceptors (Lipinski definition) is 2. The van der Waals surface area contributed by atoms with Crippen LogP contribution in [-0.4, -0.2) is 16.1 Å². The van der Waals surface area contributed by atoms with Crippen LogP contribution in [0.1, 0.15) is 19.4 Å². The van der Waals surface area contributed by atoms with Gasteiger partial charge in [-0.2, -0.15) is 0 Å². The van der Waals surface area contributed by atoms with E-state index in [0.29, 0.717) is 6.54 Å². The molecule has 0 radical (unpaired) electrons. The van der Waals surface area contributed by atoms with Gasteiger partial charge in [-0.25, -0.2) is 4.98 Å². The summed E-state index contributed by atoms with van der Waals surface area (Å²) in [7, 11) is 2.04. The highest BCUT2D eigenvalue weighted by atomic mass is 15.0. The molecule has 2 rings (SSSR count). The zero-order valence-electron chi connectivity index (χ0n) is 10.2. The zero-order chi connectivity index (χ0) is 11.8. The summed E-state index contributed by atoms with van der Waals surface area (Å²) >= 11 is 0. The summed E-state index contributed by atoms with van der Waals surface area (Å²) < 4.78 is 2.08. The van der Waals surface area contributed by atoms with E-state index >= 15 is 0 Å². The molecule has 0 spiro atoms. The first kappa shape index (κ1) is 11.1. The Morgan fingerprint density at radius 3 is 2.88 bits per heavy atom. The fraction of sp³-hybridized carbons (Fsp3) is 0.462. The molecule has 0 aliphatic rings. The van der Waals surface area contributed by atoms with Crippen LogP contribution in [0.3, 0.4) is 0 Å². The summed E-state index contributed by atoms with van der Waals surface area (Å²) in [6.07, 6.45) is 4.99. The minimum absolute atomic E-state index is 0.143. The van der Waals surface area contributed by atoms with Crippen molar-refractivity contribution in [3.05, 3.63) is 30.1 Å². The van der Waals surface area contributed by atoms with Crippen LogP contribution in [0.4, 0.5) is 0 Å². The van der Waals surface area contributed by atoms with E-state index in [1.54, 1.807) is 0 Å². The lowest BCUT2D eigenvalue weighted by molar-refractivity contribution is 0.377. The summed E-state index contributed by atoms with van der Waals surface area (Å²) in [5.74, 6) is 0. The Morgan fingerprint density at radius 1 is 1.44 bits per heavy atom. The molecule has 3 nitrogen and oxygen atoms in total. The molecule has 0 saturated heterocycles. The first-order valence-corrected chi connectivity index (χ1v) is 5.62. The fourth-order valence-electron chi connectivity index (χ4n) is 2.02. The van der Waals surface area contributed by atoms with Gasteiger partial charge < -0.3 is 10.3 Å². The molecule has 0 amide bonds. The van der Waals surface area contributed by atoms with Gasteiger partial charge in [0.05, 0.1) is 0 Å². The lowest BCUT2D eigenvalue weighted by Crippen LogP contribution is -2.25. The quantitative estimate of drug-likeness (QED) is 0.855. The highest BCUT2D eigenvalue weighted by molar-refractivity contribution is 5.80. The molecule has 86 valence electrons. The van der Waals surface area contributed by atoms with Gasteiger partial charge in [0.25, 0.3) is 0 Å². The highest BCUT2D eigenvalue weighted by Crippen LogP contribution is 2.26. The Balaban J connectivity index is 2.46. The van der Waals surface area contributed by atoms with Gasteiger partial charge in [-0.3, -0.25) is 0 Å². The Hall–Kier alpha value is -1.35. The average molecular weight is 217 g/mol. The molecule has 0 aliphatic carbocycles. The zero-order valence-corrected chi connectivity index (χ0v) is 10.2. The minimum Gasteiger partial charge on any atom is -0.335 e. The third-order valence-corrected chi connectivity index (χ3v) is 3.04. The van der Waals surface area contributed by atoms with Gasteiger partial charge in [0.15, 0.2) is 0 Å². The van der Waals surface area contributed by atoms with Gasteiger partial charge in [-0.05, 0) is 36.1 Å². The van der Waals surface area contributed by atoms with E-state index in [9.17, 15) is 0 Å². The largest absolute Gasteiger partial charge is 0.335 e. The third kappa shape index (κ3) is 1.95. The van der Waals surface area contributed by atoms with Crippen LogP contribution in [0.15, 0.2) is 24.5 Å². The molecule has 0 bridgehead atoms. The van der Waals surface area contributed by atoms with Crippen molar-refractivity contribution in [2.45, 2.75) is 20.3 Å². The molecular weight excluding hydrogens is 198 g/mol. The second kappa shape index (κ2) is 3.91. The first-order chi connectivity index (χ1) is 7.53. The van der Waals surface area contributed by atoms with Crippen LogP contribution < -0.4 is 5.73 Å². The second-order valence-corrected chi connectivity index (χ2v) is 5.18. The average Bonchev–Trinajstić information content (AvgIpc) is 2.56. The summed E-state index contributed by atoms with van der Waals surface area (Å²) in [5.41, 5.74) is 8.31. The molecule has 2 N–H and O–H groups in total. The Morgan fingerprint density at radius 2 is 2.19 bits per heavy atom. The van der Waals surface area contributed by atoms with Crippen molar-refractivity contribution in [3.63, 3.8) is 0 Å². The molecule has 2 aromatic heterocycles. The molecule has 3 heteroatoms. The van der Waals surface area contributed by atoms with Crippen molar-refractivity contribution in [3.8, 4) is 0 Å². The van der Waals surface area contributed by atoms with Crippen LogP contribution in [0.25, 0.3) is 11.0 Å². The Kier molecular flexibility index (Phi) is 2.72. The monoisotopic (exact) mass is 217 g/mol. The molecule has 0 aliphatic heterocycles. The topological polar surface area (TPSA) is 43.8 Å². The molecule has 2 aromatic rings. The lowest BCUT2D eigenvalue weighted by Gasteiger charge is -2.21. The molecule has 2 heterocycles. The maximum absolute atomic E-state index is 5.78. The smallest absolute Gasteiger partial charge is 0.139 e. The predicted molar refractivity (Wildman–Crippen MR) is 67.3 cm³/mol. The Bertz CT molecular complexity index is 497. The van der Waals surface area contributed by atoms with Crippen molar-refractivity contribution < 1.29 is 0 Å². The van der Waals surface area contributed by atoms with Crippen LogP contribution in [0.5, 0.6) is 0 Å². The number of aryl methyl sites for hydroxylation is 1. The van der Waals surface area contributed by atoms with E-state index in [4.69, 9.17) is 5.73 Å². The normalized spacial score (nSPS) is 12.2. The van der Waals surface area contributed by atoms with Crippen molar-refractivity contribution in [2.75, 3.05) is 6.54 Å². The number of pyridine rings is 1. The number of fused-ring (bicyclic) bond motifs is 1. The van der Waals surface area contributed by atoms with Gasteiger partial charge in [-0.15, -0.1) is 0 Å². The van der Waals surface area contributed by atoms with E-state index in [0.717, 1.165) is 12.1 Å². The molecular formula is C13H19N3. The minimum atomic E-state index is 0.143. The van der Waals surface area contributed by atoms with Crippen molar-refractivity contribution in [1.29, 1.82) is 0 Å². The van der Waals surface area contributed by atoms with Gasteiger partial charge in [0, 0.05) is 24.8 Å². The van der Waals surface area contributed by atoms with E-state index in [1.165, 1.54) is 10.9 Å². The summed E-state index contributed by atoms with van der Waals surface area (Å²) in [6.45, 7) is 5.09. The van der Waals surface area contributed by atoms with Crippen LogP contribution >= 0.6 is 0 Å². The van der Waals surface area contributed by atoms with E-state index < -0.39 is 0 Å². The molecule has 0 unspecified atom stereocenters. The number of nitrogens with zero attached hydrogens (tertiary/aromatic N) is 2. The summed E-state index contributed by atoms with van der Waals surface area (Å²) in [6, 6.07) is 4.12. The molecule has 0 fully saturated rings. The van der Waals surface area contributed by atoms with Gasteiger partial charge in [-0.1, -0.05) is 13.8 Å². The van der Waals surface area contributed by atoms with Gasteiger partial charge >= 0.3 is 0 Å². The second-order valence-electron chi connectivity index (χ2n) is 5.18. The summed E-state index contributed by atoms with van der Waals surface area (Å²) in [4.78, 5) is 4.39. The molecule has 16 heavy (non-hydrogen) atoms. The van der Waals surface area contributed by atoms with Gasteiger partial charge in [0.2, 0.25) is 0 Å². The van der Waals surface area contributed by atoms with Gasteiger partial charge in [0.1, 0.15) is 5.65 Å². The number of aromatic nitrogens is 2. The Labute approximate surface area is 96.3 Å². The first-order valence-electron chi connectivity index (χ1n) is 5.62.